The van der Waals surface area contributed by atoms with E-state index in [0.717, 1.165) is 32.2 Å². The maximum atomic E-state index is 12.2. The molecule has 1 amide bonds. The maximum Gasteiger partial charge on any atom is 0.274 e. The summed E-state index contributed by atoms with van der Waals surface area (Å²) in [5.74, 6) is -0.0430. The number of nitrogens with zero attached hydrogens (tertiary/aromatic N) is 3. The topological polar surface area (TPSA) is 66.3 Å². The van der Waals surface area contributed by atoms with Gasteiger partial charge in [-0.2, -0.15) is 0 Å². The minimum absolute atomic E-state index is 0.0430. The maximum absolute atomic E-state index is 12.2. The average Bonchev–Trinajstić information content (AvgIpc) is 2.84. The van der Waals surface area contributed by atoms with E-state index in [4.69, 9.17) is 5.11 Å². The fourth-order valence-corrected chi connectivity index (χ4v) is 2.29. The highest BCUT2D eigenvalue weighted by Crippen LogP contribution is 2.22. The number of likely N-dealkylation sites (tertiary alicyclic amines) is 1. The van der Waals surface area contributed by atoms with Crippen LogP contribution in [0.4, 0.5) is 0 Å². The highest BCUT2D eigenvalue weighted by Gasteiger charge is 2.29. The zero-order chi connectivity index (χ0) is 12.1. The molecule has 1 fully saturated rings. The molecule has 2 rings (SSSR count). The standard InChI is InChI=1S/C12H17N3O2/c16-8-2-4-10-3-1-7-15(10)12(17)11-9-13-5-6-14-11/h5-6,9-10,16H,1-4,7-8H2. The van der Waals surface area contributed by atoms with Crippen molar-refractivity contribution in [1.82, 2.24) is 14.9 Å². The molecule has 0 saturated carbocycles. The molecule has 1 unspecified atom stereocenters. The summed E-state index contributed by atoms with van der Waals surface area (Å²) in [7, 11) is 0. The van der Waals surface area contributed by atoms with Crippen molar-refractivity contribution in [3.05, 3.63) is 24.3 Å². The molecule has 0 aromatic carbocycles. The molecule has 0 aliphatic carbocycles. The quantitative estimate of drug-likeness (QED) is 0.840. The molecule has 0 radical (unpaired) electrons. The monoisotopic (exact) mass is 235 g/mol. The summed E-state index contributed by atoms with van der Waals surface area (Å²) in [6.45, 7) is 0.967. The third-order valence-corrected chi connectivity index (χ3v) is 3.12. The largest absolute Gasteiger partial charge is 0.396 e. The number of amides is 1. The summed E-state index contributed by atoms with van der Waals surface area (Å²) in [5, 5.41) is 8.84. The molecule has 0 bridgehead atoms. The number of aromatic nitrogens is 2. The lowest BCUT2D eigenvalue weighted by Crippen LogP contribution is -2.36. The number of aliphatic hydroxyl groups excluding tert-OH is 1. The summed E-state index contributed by atoms with van der Waals surface area (Å²) in [5.41, 5.74) is 0.406. The Morgan fingerprint density at radius 3 is 3.12 bits per heavy atom. The first kappa shape index (κ1) is 12.0. The second kappa shape index (κ2) is 5.72. The van der Waals surface area contributed by atoms with E-state index in [2.05, 4.69) is 9.97 Å². The van der Waals surface area contributed by atoms with Crippen LogP contribution in [0.25, 0.3) is 0 Å². The van der Waals surface area contributed by atoms with E-state index in [1.165, 1.54) is 12.4 Å². The Kier molecular flexibility index (Phi) is 4.03. The highest BCUT2D eigenvalue weighted by molar-refractivity contribution is 5.92. The van der Waals surface area contributed by atoms with Gasteiger partial charge >= 0.3 is 0 Å². The van der Waals surface area contributed by atoms with Crippen LogP contribution in [0.15, 0.2) is 18.6 Å². The van der Waals surface area contributed by atoms with Gasteiger partial charge in [0.05, 0.1) is 6.20 Å². The molecular formula is C12H17N3O2. The van der Waals surface area contributed by atoms with E-state index in [1.807, 2.05) is 4.90 Å². The van der Waals surface area contributed by atoms with Gasteiger partial charge in [0.15, 0.2) is 0 Å². The van der Waals surface area contributed by atoms with Crippen molar-refractivity contribution in [2.24, 2.45) is 0 Å². The molecule has 1 atom stereocenters. The third-order valence-electron chi connectivity index (χ3n) is 3.12. The number of rotatable bonds is 4. The predicted octanol–water partition coefficient (Wildman–Crippen LogP) is 0.854. The lowest BCUT2D eigenvalue weighted by Gasteiger charge is -2.24. The van der Waals surface area contributed by atoms with Crippen molar-refractivity contribution < 1.29 is 9.90 Å². The van der Waals surface area contributed by atoms with Crippen molar-refractivity contribution in [3.8, 4) is 0 Å². The molecule has 1 aliphatic rings. The van der Waals surface area contributed by atoms with Crippen molar-refractivity contribution in [2.75, 3.05) is 13.2 Å². The number of carbonyl (C=O) groups excluding carboxylic acids is 1. The average molecular weight is 235 g/mol. The molecule has 5 nitrogen and oxygen atoms in total. The van der Waals surface area contributed by atoms with Gasteiger partial charge in [0.2, 0.25) is 0 Å². The minimum Gasteiger partial charge on any atom is -0.396 e. The molecule has 0 spiro atoms. The number of aliphatic hydroxyl groups is 1. The Balaban J connectivity index is 2.03. The Morgan fingerprint density at radius 2 is 2.41 bits per heavy atom. The van der Waals surface area contributed by atoms with E-state index in [-0.39, 0.29) is 18.6 Å². The van der Waals surface area contributed by atoms with Gasteiger partial charge in [0.25, 0.3) is 5.91 Å². The molecule has 5 heteroatoms. The molecule has 2 heterocycles. The molecule has 1 aliphatic heterocycles. The number of hydrogen-bond donors (Lipinski definition) is 1. The Morgan fingerprint density at radius 1 is 1.53 bits per heavy atom. The normalized spacial score (nSPS) is 19.6. The summed E-state index contributed by atoms with van der Waals surface area (Å²) < 4.78 is 0. The van der Waals surface area contributed by atoms with Gasteiger partial charge in [0.1, 0.15) is 5.69 Å². The molecule has 1 aromatic heterocycles. The van der Waals surface area contributed by atoms with Crippen LogP contribution in [0, 0.1) is 0 Å². The lowest BCUT2D eigenvalue weighted by molar-refractivity contribution is 0.0718. The van der Waals surface area contributed by atoms with Crippen LogP contribution in [0.1, 0.15) is 36.2 Å². The van der Waals surface area contributed by atoms with E-state index in [9.17, 15) is 4.79 Å². The van der Waals surface area contributed by atoms with Crippen LogP contribution in [-0.4, -0.2) is 45.1 Å². The van der Waals surface area contributed by atoms with Gasteiger partial charge in [0, 0.05) is 31.6 Å². The van der Waals surface area contributed by atoms with Gasteiger partial charge in [-0.05, 0) is 25.7 Å². The number of hydrogen-bond acceptors (Lipinski definition) is 4. The molecule has 17 heavy (non-hydrogen) atoms. The first-order valence-corrected chi connectivity index (χ1v) is 6.01. The van der Waals surface area contributed by atoms with Crippen LogP contribution in [0.2, 0.25) is 0 Å². The molecule has 1 aromatic rings. The molecule has 1 N–H and O–H groups in total. The molecule has 92 valence electrons. The lowest BCUT2D eigenvalue weighted by atomic mass is 10.1. The van der Waals surface area contributed by atoms with Crippen LogP contribution in [0.5, 0.6) is 0 Å². The van der Waals surface area contributed by atoms with Crippen molar-refractivity contribution in [1.29, 1.82) is 0 Å². The molecular weight excluding hydrogens is 218 g/mol. The van der Waals surface area contributed by atoms with Gasteiger partial charge in [-0.25, -0.2) is 4.98 Å². The fraction of sp³-hybridized carbons (Fsp3) is 0.583. The van der Waals surface area contributed by atoms with Gasteiger partial charge < -0.3 is 10.0 Å². The van der Waals surface area contributed by atoms with Crippen LogP contribution in [-0.2, 0) is 0 Å². The van der Waals surface area contributed by atoms with Crippen molar-refractivity contribution >= 4 is 5.91 Å². The van der Waals surface area contributed by atoms with Crippen LogP contribution >= 0.6 is 0 Å². The summed E-state index contributed by atoms with van der Waals surface area (Å²) in [6.07, 6.45) is 8.26. The Bertz CT molecular complexity index is 369. The smallest absolute Gasteiger partial charge is 0.274 e. The second-order valence-electron chi connectivity index (χ2n) is 4.25. The first-order valence-electron chi connectivity index (χ1n) is 6.01. The molecule has 1 saturated heterocycles. The van der Waals surface area contributed by atoms with E-state index < -0.39 is 0 Å². The van der Waals surface area contributed by atoms with Gasteiger partial charge in [-0.15, -0.1) is 0 Å². The predicted molar refractivity (Wildman–Crippen MR) is 62.4 cm³/mol. The van der Waals surface area contributed by atoms with Crippen molar-refractivity contribution in [2.45, 2.75) is 31.7 Å². The first-order chi connectivity index (χ1) is 8.33. The zero-order valence-corrected chi connectivity index (χ0v) is 9.75. The van der Waals surface area contributed by atoms with Gasteiger partial charge in [-0.3, -0.25) is 9.78 Å². The number of carbonyl (C=O) groups is 1. The van der Waals surface area contributed by atoms with Crippen molar-refractivity contribution in [3.63, 3.8) is 0 Å². The van der Waals surface area contributed by atoms with E-state index in [1.54, 1.807) is 6.20 Å². The minimum atomic E-state index is -0.0430. The highest BCUT2D eigenvalue weighted by atomic mass is 16.3. The van der Waals surface area contributed by atoms with Crippen LogP contribution in [0.3, 0.4) is 0 Å². The van der Waals surface area contributed by atoms with Gasteiger partial charge in [-0.1, -0.05) is 0 Å². The third kappa shape index (κ3) is 2.79. The SMILES string of the molecule is O=C(c1cnccn1)N1CCCC1CCCO. The Hall–Kier alpha value is -1.49. The second-order valence-corrected chi connectivity index (χ2v) is 4.25. The summed E-state index contributed by atoms with van der Waals surface area (Å²) in [6, 6.07) is 0.247. The fourth-order valence-electron chi connectivity index (χ4n) is 2.29. The van der Waals surface area contributed by atoms with E-state index in [0.29, 0.717) is 5.69 Å². The van der Waals surface area contributed by atoms with Crippen LogP contribution < -0.4 is 0 Å². The summed E-state index contributed by atoms with van der Waals surface area (Å²) in [4.78, 5) is 22.0. The summed E-state index contributed by atoms with van der Waals surface area (Å²) >= 11 is 0. The van der Waals surface area contributed by atoms with E-state index >= 15 is 0 Å². The Labute approximate surface area is 100 Å². The zero-order valence-electron chi connectivity index (χ0n) is 9.75.